The summed E-state index contributed by atoms with van der Waals surface area (Å²) in [4.78, 5) is 3.97. The van der Waals surface area contributed by atoms with Crippen LogP contribution >= 0.6 is 11.6 Å². The minimum absolute atomic E-state index is 0.0185. The molecule has 0 aromatic carbocycles. The number of pyridine rings is 1. The lowest BCUT2D eigenvalue weighted by Crippen LogP contribution is -2.39. The number of hydrogen-bond donors (Lipinski definition) is 1. The SMILES string of the molecule is CC1(C)CCC(NS(=O)(=O)c2ccnc(Cl)c2)CC1. The first-order chi connectivity index (χ1) is 8.78. The van der Waals surface area contributed by atoms with E-state index >= 15 is 0 Å². The number of aromatic nitrogens is 1. The van der Waals surface area contributed by atoms with Gasteiger partial charge in [-0.05, 0) is 43.2 Å². The summed E-state index contributed by atoms with van der Waals surface area (Å²) in [6, 6.07) is 2.85. The molecule has 0 saturated heterocycles. The average Bonchev–Trinajstić information content (AvgIpc) is 2.32. The molecular formula is C13H19ClN2O2S. The number of rotatable bonds is 3. The topological polar surface area (TPSA) is 59.1 Å². The van der Waals surface area contributed by atoms with E-state index in [-0.39, 0.29) is 16.1 Å². The van der Waals surface area contributed by atoms with Crippen molar-refractivity contribution >= 4 is 21.6 Å². The van der Waals surface area contributed by atoms with Crippen molar-refractivity contribution in [2.45, 2.75) is 50.5 Å². The van der Waals surface area contributed by atoms with Crippen molar-refractivity contribution in [2.24, 2.45) is 5.41 Å². The highest BCUT2D eigenvalue weighted by Gasteiger charge is 2.29. The molecule has 1 aromatic rings. The van der Waals surface area contributed by atoms with Gasteiger partial charge in [0.05, 0.1) is 4.90 Å². The minimum Gasteiger partial charge on any atom is -0.244 e. The highest BCUT2D eigenvalue weighted by molar-refractivity contribution is 7.89. The van der Waals surface area contributed by atoms with E-state index < -0.39 is 10.0 Å². The van der Waals surface area contributed by atoms with Crippen LogP contribution in [-0.2, 0) is 10.0 Å². The van der Waals surface area contributed by atoms with E-state index in [0.717, 1.165) is 25.7 Å². The summed E-state index contributed by atoms with van der Waals surface area (Å²) in [7, 11) is -3.49. The van der Waals surface area contributed by atoms with Gasteiger partial charge in [0.1, 0.15) is 5.15 Å². The predicted molar refractivity (Wildman–Crippen MR) is 75.6 cm³/mol. The number of sulfonamides is 1. The molecule has 2 rings (SSSR count). The van der Waals surface area contributed by atoms with Crippen LogP contribution in [0.3, 0.4) is 0 Å². The van der Waals surface area contributed by atoms with Crippen molar-refractivity contribution in [2.75, 3.05) is 0 Å². The lowest BCUT2D eigenvalue weighted by Gasteiger charge is -2.34. The zero-order valence-corrected chi connectivity index (χ0v) is 12.8. The average molecular weight is 303 g/mol. The van der Waals surface area contributed by atoms with E-state index in [1.807, 2.05) is 0 Å². The number of hydrogen-bond acceptors (Lipinski definition) is 3. The van der Waals surface area contributed by atoms with Gasteiger partial charge in [0.25, 0.3) is 0 Å². The molecule has 0 aliphatic heterocycles. The van der Waals surface area contributed by atoms with Gasteiger partial charge < -0.3 is 0 Å². The molecule has 0 bridgehead atoms. The Bertz CT molecular complexity index is 548. The van der Waals surface area contributed by atoms with Gasteiger partial charge >= 0.3 is 0 Å². The molecule has 19 heavy (non-hydrogen) atoms. The summed E-state index contributed by atoms with van der Waals surface area (Å²) in [6.07, 6.45) is 5.24. The predicted octanol–water partition coefficient (Wildman–Crippen LogP) is 2.98. The molecule has 0 spiro atoms. The van der Waals surface area contributed by atoms with Crippen molar-refractivity contribution in [3.05, 3.63) is 23.5 Å². The largest absolute Gasteiger partial charge is 0.244 e. The third-order valence-electron chi connectivity index (χ3n) is 3.67. The first-order valence-corrected chi connectivity index (χ1v) is 8.29. The van der Waals surface area contributed by atoms with Gasteiger partial charge in [-0.25, -0.2) is 18.1 Å². The first-order valence-electron chi connectivity index (χ1n) is 6.42. The summed E-state index contributed by atoms with van der Waals surface area (Å²) < 4.78 is 27.2. The second kappa shape index (κ2) is 5.38. The van der Waals surface area contributed by atoms with E-state index in [2.05, 4.69) is 23.6 Å². The summed E-state index contributed by atoms with van der Waals surface area (Å²) in [5.74, 6) is 0. The van der Waals surface area contributed by atoms with Crippen LogP contribution in [0.4, 0.5) is 0 Å². The molecule has 1 aliphatic carbocycles. The van der Waals surface area contributed by atoms with Gasteiger partial charge in [-0.2, -0.15) is 0 Å². The molecule has 6 heteroatoms. The Labute approximate surface area is 119 Å². The van der Waals surface area contributed by atoms with Crippen LogP contribution in [0.1, 0.15) is 39.5 Å². The highest BCUT2D eigenvalue weighted by atomic mass is 35.5. The molecule has 1 heterocycles. The second-order valence-electron chi connectivity index (χ2n) is 5.87. The van der Waals surface area contributed by atoms with Gasteiger partial charge in [0, 0.05) is 12.2 Å². The Morgan fingerprint density at radius 2 is 2.00 bits per heavy atom. The fourth-order valence-electron chi connectivity index (χ4n) is 2.36. The molecule has 1 aliphatic rings. The second-order valence-corrected chi connectivity index (χ2v) is 7.98. The summed E-state index contributed by atoms with van der Waals surface area (Å²) in [5.41, 5.74) is 0.321. The van der Waals surface area contributed by atoms with Crippen LogP contribution in [0.25, 0.3) is 0 Å². The summed E-state index contributed by atoms with van der Waals surface area (Å²) in [5, 5.41) is 0.188. The molecular weight excluding hydrogens is 284 g/mol. The third kappa shape index (κ3) is 3.91. The van der Waals surface area contributed by atoms with Crippen LogP contribution in [0.15, 0.2) is 23.2 Å². The maximum Gasteiger partial charge on any atom is 0.240 e. The van der Waals surface area contributed by atoms with Crippen molar-refractivity contribution in [3.63, 3.8) is 0 Å². The van der Waals surface area contributed by atoms with Gasteiger partial charge in [0.15, 0.2) is 0 Å². The first kappa shape index (κ1) is 14.8. The van der Waals surface area contributed by atoms with Crippen LogP contribution in [-0.4, -0.2) is 19.4 Å². The fourth-order valence-corrected chi connectivity index (χ4v) is 3.91. The fraction of sp³-hybridized carbons (Fsp3) is 0.615. The smallest absolute Gasteiger partial charge is 0.240 e. The molecule has 1 fully saturated rings. The van der Waals surface area contributed by atoms with E-state index in [1.54, 1.807) is 0 Å². The Morgan fingerprint density at radius 1 is 1.37 bits per heavy atom. The Morgan fingerprint density at radius 3 is 2.58 bits per heavy atom. The van der Waals surface area contributed by atoms with Gasteiger partial charge in [-0.15, -0.1) is 0 Å². The normalized spacial score (nSPS) is 20.4. The summed E-state index contributed by atoms with van der Waals surface area (Å²) >= 11 is 5.73. The number of nitrogens with zero attached hydrogens (tertiary/aromatic N) is 1. The van der Waals surface area contributed by atoms with Gasteiger partial charge in [-0.3, -0.25) is 0 Å². The maximum atomic E-state index is 12.2. The van der Waals surface area contributed by atoms with Crippen LogP contribution in [0, 0.1) is 5.41 Å². The van der Waals surface area contributed by atoms with Crippen LogP contribution < -0.4 is 4.72 Å². The standard InChI is InChI=1S/C13H19ClN2O2S/c1-13(2)6-3-10(4-7-13)16-19(17,18)11-5-8-15-12(14)9-11/h5,8-10,16H,3-4,6-7H2,1-2H3. The van der Waals surface area contributed by atoms with Crippen molar-refractivity contribution in [3.8, 4) is 0 Å². The van der Waals surface area contributed by atoms with E-state index in [1.165, 1.54) is 18.3 Å². The lowest BCUT2D eigenvalue weighted by atomic mass is 9.76. The van der Waals surface area contributed by atoms with E-state index in [4.69, 9.17) is 11.6 Å². The molecule has 4 nitrogen and oxygen atoms in total. The van der Waals surface area contributed by atoms with Crippen molar-refractivity contribution in [1.82, 2.24) is 9.71 Å². The Hall–Kier alpha value is -0.650. The minimum atomic E-state index is -3.49. The molecule has 0 atom stereocenters. The molecule has 1 saturated carbocycles. The van der Waals surface area contributed by atoms with E-state index in [9.17, 15) is 8.42 Å². The zero-order chi connectivity index (χ0) is 14.1. The number of halogens is 1. The van der Waals surface area contributed by atoms with Gasteiger partial charge in [0.2, 0.25) is 10.0 Å². The van der Waals surface area contributed by atoms with Crippen LogP contribution in [0.5, 0.6) is 0 Å². The molecule has 106 valence electrons. The van der Waals surface area contributed by atoms with E-state index in [0.29, 0.717) is 5.41 Å². The Kier molecular flexibility index (Phi) is 4.18. The summed E-state index contributed by atoms with van der Waals surface area (Å²) in [6.45, 7) is 4.45. The lowest BCUT2D eigenvalue weighted by molar-refractivity contribution is 0.218. The van der Waals surface area contributed by atoms with Crippen LogP contribution in [0.2, 0.25) is 5.15 Å². The Balaban J connectivity index is 2.06. The molecule has 0 amide bonds. The molecule has 1 aromatic heterocycles. The number of nitrogens with one attached hydrogen (secondary N) is 1. The van der Waals surface area contributed by atoms with Gasteiger partial charge in [-0.1, -0.05) is 25.4 Å². The highest BCUT2D eigenvalue weighted by Crippen LogP contribution is 2.35. The molecule has 0 unspecified atom stereocenters. The monoisotopic (exact) mass is 302 g/mol. The quantitative estimate of drug-likeness (QED) is 0.873. The third-order valence-corrected chi connectivity index (χ3v) is 5.39. The molecule has 0 radical (unpaired) electrons. The van der Waals surface area contributed by atoms with Crippen molar-refractivity contribution in [1.29, 1.82) is 0 Å². The maximum absolute atomic E-state index is 12.2. The van der Waals surface area contributed by atoms with Crippen molar-refractivity contribution < 1.29 is 8.42 Å². The molecule has 1 N–H and O–H groups in total. The zero-order valence-electron chi connectivity index (χ0n) is 11.2.